The highest BCUT2D eigenvalue weighted by atomic mass is 32.1. The zero-order chi connectivity index (χ0) is 45.5. The van der Waals surface area contributed by atoms with Crippen LogP contribution in [-0.4, -0.2) is 4.57 Å². The van der Waals surface area contributed by atoms with Crippen LogP contribution in [0.15, 0.2) is 188 Å². The van der Waals surface area contributed by atoms with Crippen LogP contribution in [0, 0.1) is 29.1 Å². The smallest absolute Gasteiger partial charge is 0.0541 e. The minimum atomic E-state index is -0.000867. The van der Waals surface area contributed by atoms with E-state index in [1.807, 2.05) is 11.3 Å². The molecule has 0 amide bonds. The van der Waals surface area contributed by atoms with Gasteiger partial charge >= 0.3 is 0 Å². The molecular weight excluding hydrogens is 853 g/mol. The largest absolute Gasteiger partial charge is 0.309 e. The van der Waals surface area contributed by atoms with Crippen LogP contribution in [0.3, 0.4) is 0 Å². The summed E-state index contributed by atoms with van der Waals surface area (Å²) in [5.41, 5.74) is 18.0. The second-order valence-electron chi connectivity index (χ2n) is 22.5. The van der Waals surface area contributed by atoms with Gasteiger partial charge in [-0.05, 0) is 154 Å². The number of hydrogen-bond acceptors (Lipinski definition) is 2. The Kier molecular flexibility index (Phi) is 7.58. The van der Waals surface area contributed by atoms with Crippen LogP contribution in [0.5, 0.6) is 0 Å². The van der Waals surface area contributed by atoms with Gasteiger partial charge in [0.05, 0.1) is 28.1 Å². The molecule has 2 nitrogen and oxygen atoms in total. The van der Waals surface area contributed by atoms with Crippen molar-refractivity contribution in [2.24, 2.45) is 29.1 Å². The summed E-state index contributed by atoms with van der Waals surface area (Å²) in [7, 11) is 0. The van der Waals surface area contributed by atoms with Gasteiger partial charge in [-0.1, -0.05) is 154 Å². The number of hydrogen-bond donors (Lipinski definition) is 0. The highest BCUT2D eigenvalue weighted by molar-refractivity contribution is 7.25. The molecule has 2 bridgehead atoms. The average molecular weight is 905 g/mol. The molecule has 9 aromatic carbocycles. The lowest BCUT2D eigenvalue weighted by molar-refractivity contribution is -0.231. The fourth-order valence-electron chi connectivity index (χ4n) is 16.1. The topological polar surface area (TPSA) is 8.17 Å². The van der Waals surface area contributed by atoms with Crippen molar-refractivity contribution in [3.63, 3.8) is 0 Å². The first-order valence-electron chi connectivity index (χ1n) is 25.4. The quantitative estimate of drug-likeness (QED) is 0.167. The van der Waals surface area contributed by atoms with E-state index in [1.165, 1.54) is 129 Å². The number of thiophene rings is 1. The first kappa shape index (κ1) is 39.0. The molecule has 69 heavy (non-hydrogen) atoms. The molecule has 332 valence electrons. The molecular formula is C66H52N2S. The first-order valence-corrected chi connectivity index (χ1v) is 26.2. The Balaban J connectivity index is 0.971. The summed E-state index contributed by atoms with van der Waals surface area (Å²) in [4.78, 5) is 2.61. The van der Waals surface area contributed by atoms with E-state index in [2.05, 4.69) is 218 Å². The van der Waals surface area contributed by atoms with Crippen molar-refractivity contribution in [3.8, 4) is 27.9 Å². The molecule has 16 rings (SSSR count). The molecule has 2 aromatic heterocycles. The van der Waals surface area contributed by atoms with E-state index in [1.54, 1.807) is 11.1 Å². The Hall–Kier alpha value is -6.94. The van der Waals surface area contributed by atoms with Crippen LogP contribution in [-0.2, 0) is 10.8 Å². The lowest BCUT2D eigenvalue weighted by atomic mass is 9.27. The van der Waals surface area contributed by atoms with Crippen molar-refractivity contribution in [1.29, 1.82) is 0 Å². The van der Waals surface area contributed by atoms with Crippen LogP contribution >= 0.6 is 11.3 Å². The number of benzene rings is 9. The van der Waals surface area contributed by atoms with Crippen molar-refractivity contribution in [3.05, 3.63) is 205 Å². The van der Waals surface area contributed by atoms with Gasteiger partial charge in [-0.2, -0.15) is 0 Å². The lowest BCUT2D eigenvalue weighted by Crippen LogP contribution is -2.74. The van der Waals surface area contributed by atoms with Crippen LogP contribution in [0.25, 0.3) is 80.7 Å². The molecule has 5 aliphatic rings. The van der Waals surface area contributed by atoms with Gasteiger partial charge in [0.1, 0.15) is 0 Å². The van der Waals surface area contributed by atoms with E-state index in [9.17, 15) is 0 Å². The van der Waals surface area contributed by atoms with E-state index in [0.717, 1.165) is 11.8 Å². The van der Waals surface area contributed by atoms with Crippen LogP contribution in [0.4, 0.5) is 17.1 Å². The molecule has 2 spiro atoms. The Bertz CT molecular complexity index is 3980. The van der Waals surface area contributed by atoms with Crippen molar-refractivity contribution in [2.75, 3.05) is 4.90 Å². The average Bonchev–Trinajstić information content (AvgIpc) is 4.18. The molecule has 4 fully saturated rings. The van der Waals surface area contributed by atoms with Crippen LogP contribution < -0.4 is 4.90 Å². The Labute approximate surface area is 407 Å². The maximum Gasteiger partial charge on any atom is 0.0541 e. The zero-order valence-corrected chi connectivity index (χ0v) is 40.2. The summed E-state index contributed by atoms with van der Waals surface area (Å²) < 4.78 is 5.30. The molecule has 0 N–H and O–H groups in total. The maximum absolute atomic E-state index is 2.64. The third-order valence-corrected chi connectivity index (χ3v) is 19.7. The van der Waals surface area contributed by atoms with E-state index >= 15 is 0 Å². The van der Waals surface area contributed by atoms with Crippen LogP contribution in [0.1, 0.15) is 63.1 Å². The summed E-state index contributed by atoms with van der Waals surface area (Å²) in [6.45, 7) is 6.96. The van der Waals surface area contributed by atoms with Crippen molar-refractivity contribution in [2.45, 2.75) is 57.3 Å². The number of aromatic nitrogens is 1. The third kappa shape index (κ3) is 4.83. The highest BCUT2D eigenvalue weighted by Crippen LogP contribution is 2.90. The number of para-hydroxylation sites is 3. The molecule has 2 heterocycles. The van der Waals surface area contributed by atoms with Gasteiger partial charge < -0.3 is 9.47 Å². The molecule has 5 aliphatic carbocycles. The second-order valence-corrected chi connectivity index (χ2v) is 23.5. The normalized spacial score (nSPS) is 23.8. The first-order chi connectivity index (χ1) is 33.8. The minimum absolute atomic E-state index is 0.000867. The van der Waals surface area contributed by atoms with Gasteiger partial charge in [-0.15, -0.1) is 11.3 Å². The van der Waals surface area contributed by atoms with Crippen LogP contribution in [0.2, 0.25) is 0 Å². The van der Waals surface area contributed by atoms with Crippen molar-refractivity contribution < 1.29 is 0 Å². The molecule has 0 radical (unpaired) electrons. The van der Waals surface area contributed by atoms with Gasteiger partial charge in [0.25, 0.3) is 0 Å². The monoisotopic (exact) mass is 904 g/mol. The van der Waals surface area contributed by atoms with E-state index in [-0.39, 0.29) is 10.8 Å². The minimum Gasteiger partial charge on any atom is -0.309 e. The molecule has 0 aliphatic heterocycles. The van der Waals surface area contributed by atoms with Gasteiger partial charge in [0.2, 0.25) is 0 Å². The van der Waals surface area contributed by atoms with Gasteiger partial charge in [0, 0.05) is 53.0 Å². The number of anilines is 3. The van der Waals surface area contributed by atoms with E-state index < -0.39 is 0 Å². The summed E-state index contributed by atoms with van der Waals surface area (Å²) in [6, 6.07) is 72.5. The van der Waals surface area contributed by atoms with E-state index in [0.29, 0.717) is 17.3 Å². The van der Waals surface area contributed by atoms with Crippen molar-refractivity contribution in [1.82, 2.24) is 4.57 Å². The summed E-state index contributed by atoms with van der Waals surface area (Å²) in [6.07, 6.45) is 5.64. The highest BCUT2D eigenvalue weighted by Gasteiger charge is 2.85. The molecule has 6 atom stereocenters. The third-order valence-electron chi connectivity index (χ3n) is 18.6. The summed E-state index contributed by atoms with van der Waals surface area (Å²) in [5, 5.41) is 7.85. The van der Waals surface area contributed by atoms with Gasteiger partial charge in [-0.3, -0.25) is 0 Å². The predicted molar refractivity (Wildman–Crippen MR) is 291 cm³/mol. The maximum atomic E-state index is 2.64. The Morgan fingerprint density at radius 3 is 2.04 bits per heavy atom. The number of nitrogens with zero attached hydrogens (tertiary/aromatic N) is 2. The summed E-state index contributed by atoms with van der Waals surface area (Å²) in [5.74, 6) is 3.14. The summed E-state index contributed by atoms with van der Waals surface area (Å²) >= 11 is 1.90. The Morgan fingerprint density at radius 1 is 0.536 bits per heavy atom. The Morgan fingerprint density at radius 2 is 1.22 bits per heavy atom. The molecule has 3 heteroatoms. The lowest BCUT2D eigenvalue weighted by Gasteiger charge is -2.76. The van der Waals surface area contributed by atoms with E-state index in [4.69, 9.17) is 0 Å². The SMILES string of the molecule is CC(C)(C)c1ccc2c(N(c3ccc4c(c3)-c3cccc(-n5c6ccccc6c6ccccc65)c3C43C4CC5CC6CC3C64C5)c3ccccc3-c3cccc4sc5ccccc5c34)cccc2c1. The van der Waals surface area contributed by atoms with Gasteiger partial charge in [-0.25, -0.2) is 0 Å². The molecule has 4 saturated carbocycles. The zero-order valence-electron chi connectivity index (χ0n) is 39.3. The van der Waals surface area contributed by atoms with Gasteiger partial charge in [0.15, 0.2) is 0 Å². The second kappa shape index (κ2) is 13.4. The predicted octanol–water partition coefficient (Wildman–Crippen LogP) is 18.1. The molecule has 6 unspecified atom stereocenters. The standard InChI is InChI=1S/C66H52N2S/c1-64(2,3)41-29-31-44-40(35-41)15-12-25-53(44)67(54-22-8-6-18-47(54)48-20-14-28-59-62(48)50-19-7-11-27-58(50)69-59)43-30-32-52-51(37-43)49-21-13-26-57(68-55-23-9-4-16-45(55)46-17-5-10-24-56(46)68)63(49)66(52)60-34-39-33-42-36-61(66)65(42,60)38-39/h4-32,35,37,39,42,60-61H,33-34,36,38H2,1-3H3. The molecule has 0 saturated heterocycles. The number of fused-ring (bicyclic) bond motifs is 15. The fourth-order valence-corrected chi connectivity index (χ4v) is 17.3. The fraction of sp³-hybridized carbons (Fsp3) is 0.212. The molecule has 11 aromatic rings. The number of rotatable bonds is 5. The van der Waals surface area contributed by atoms with Crippen molar-refractivity contribution >= 4 is 81.1 Å².